The van der Waals surface area contributed by atoms with Crippen LogP contribution in [-0.2, 0) is 0 Å². The first-order valence-corrected chi connectivity index (χ1v) is 5.87. The Morgan fingerprint density at radius 1 is 1.25 bits per heavy atom. The highest BCUT2D eigenvalue weighted by molar-refractivity contribution is 5.85. The van der Waals surface area contributed by atoms with Gasteiger partial charge in [0.05, 0.1) is 11.7 Å². The van der Waals surface area contributed by atoms with Crippen molar-refractivity contribution in [3.05, 3.63) is 30.0 Å². The molecule has 1 unspecified atom stereocenters. The maximum atomic E-state index is 9.24. The van der Waals surface area contributed by atoms with E-state index in [0.717, 1.165) is 5.69 Å². The highest BCUT2D eigenvalue weighted by Gasteiger charge is 2.18. The zero-order chi connectivity index (χ0) is 13.8. The van der Waals surface area contributed by atoms with E-state index >= 15 is 0 Å². The topological polar surface area (TPSA) is 133 Å². The van der Waals surface area contributed by atoms with E-state index in [-0.39, 0.29) is 30.8 Å². The highest BCUT2D eigenvalue weighted by atomic mass is 35.5. The number of nitrogens with zero attached hydrogens (tertiary/aromatic N) is 1. The molecule has 0 bridgehead atoms. The lowest BCUT2D eigenvalue weighted by Gasteiger charge is -2.17. The quantitative estimate of drug-likeness (QED) is 0.460. The number of nitrogen functional groups attached to an aromatic ring is 2. The monoisotopic (exact) mass is 299 g/mol. The lowest BCUT2D eigenvalue weighted by molar-refractivity contribution is 0.279. The molecule has 20 heavy (non-hydrogen) atoms. The van der Waals surface area contributed by atoms with E-state index in [1.165, 1.54) is 0 Å². The molecule has 0 saturated heterocycles. The molecular weight excluding hydrogens is 282 g/mol. The molecular formula is C12H18ClN5O2. The Bertz CT molecular complexity index is 543. The molecule has 7 nitrogen and oxygen atoms in total. The van der Waals surface area contributed by atoms with Gasteiger partial charge in [-0.05, 0) is 30.7 Å². The van der Waals surface area contributed by atoms with E-state index in [4.69, 9.17) is 16.6 Å². The summed E-state index contributed by atoms with van der Waals surface area (Å²) >= 11 is 0. The predicted octanol–water partition coefficient (Wildman–Crippen LogP) is 1.24. The van der Waals surface area contributed by atoms with Crippen molar-refractivity contribution in [2.45, 2.75) is 12.5 Å². The van der Waals surface area contributed by atoms with Crippen molar-refractivity contribution < 1.29 is 10.2 Å². The number of benzene rings is 1. The summed E-state index contributed by atoms with van der Waals surface area (Å²) in [6.45, 7) is -0.0119. The molecule has 2 aromatic rings. The van der Waals surface area contributed by atoms with E-state index < -0.39 is 0 Å². The minimum absolute atomic E-state index is 0. The molecule has 0 amide bonds. The van der Waals surface area contributed by atoms with Gasteiger partial charge in [0.1, 0.15) is 17.3 Å². The molecule has 0 radical (unpaired) electrons. The Morgan fingerprint density at radius 2 is 1.90 bits per heavy atom. The molecule has 1 heterocycles. The van der Waals surface area contributed by atoms with E-state index in [1.54, 1.807) is 24.3 Å². The summed E-state index contributed by atoms with van der Waals surface area (Å²) in [5.74, 6) is 0.498. The second-order valence-electron chi connectivity index (χ2n) is 4.19. The smallest absolute Gasteiger partial charge is 0.142 e. The van der Waals surface area contributed by atoms with Crippen LogP contribution >= 0.6 is 12.4 Å². The number of hydrogen-bond donors (Lipinski definition) is 6. The molecule has 8 N–H and O–H groups in total. The molecule has 0 saturated carbocycles. The van der Waals surface area contributed by atoms with Crippen molar-refractivity contribution in [2.75, 3.05) is 23.4 Å². The van der Waals surface area contributed by atoms with Crippen molar-refractivity contribution in [1.29, 1.82) is 0 Å². The van der Waals surface area contributed by atoms with E-state index in [1.807, 2.05) is 0 Å². The molecule has 2 rings (SSSR count). The molecule has 1 atom stereocenters. The summed E-state index contributed by atoms with van der Waals surface area (Å²) in [5.41, 5.74) is 13.2. The summed E-state index contributed by atoms with van der Waals surface area (Å²) in [7, 11) is 0. The van der Waals surface area contributed by atoms with Gasteiger partial charge in [-0.1, -0.05) is 0 Å². The Balaban J connectivity index is 0.00000200. The van der Waals surface area contributed by atoms with Crippen LogP contribution in [0, 0.1) is 0 Å². The molecule has 0 aliphatic carbocycles. The maximum absolute atomic E-state index is 9.24. The third-order valence-corrected chi connectivity index (χ3v) is 2.82. The van der Waals surface area contributed by atoms with Crippen molar-refractivity contribution in [2.24, 2.45) is 0 Å². The first-order chi connectivity index (χ1) is 9.11. The number of aliphatic hydroxyl groups is 1. The average Bonchev–Trinajstić information content (AvgIpc) is 2.72. The fourth-order valence-corrected chi connectivity index (χ4v) is 1.81. The lowest BCUT2D eigenvalue weighted by atomic mass is 10.1. The largest absolute Gasteiger partial charge is 0.508 e. The van der Waals surface area contributed by atoms with Crippen molar-refractivity contribution in [1.82, 2.24) is 10.2 Å². The van der Waals surface area contributed by atoms with Crippen LogP contribution in [0.4, 0.5) is 17.2 Å². The molecule has 110 valence electrons. The van der Waals surface area contributed by atoms with Gasteiger partial charge in [-0.15, -0.1) is 12.4 Å². The zero-order valence-electron chi connectivity index (χ0n) is 10.7. The minimum Gasteiger partial charge on any atom is -0.508 e. The van der Waals surface area contributed by atoms with E-state index in [2.05, 4.69) is 15.5 Å². The highest BCUT2D eigenvalue weighted by Crippen LogP contribution is 2.28. The fraction of sp³-hybridized carbons (Fsp3) is 0.250. The second-order valence-corrected chi connectivity index (χ2v) is 4.19. The van der Waals surface area contributed by atoms with Crippen LogP contribution in [-0.4, -0.2) is 27.0 Å². The number of aliphatic hydroxyl groups excluding tert-OH is 1. The number of H-pyrrole nitrogens is 1. The number of aromatic amines is 1. The number of phenols is 1. The molecule has 1 aromatic heterocycles. The van der Waals surface area contributed by atoms with Crippen molar-refractivity contribution in [3.8, 4) is 5.75 Å². The lowest BCUT2D eigenvalue weighted by Crippen LogP contribution is -2.14. The first kappa shape index (κ1) is 15.9. The molecule has 8 heteroatoms. The fourth-order valence-electron chi connectivity index (χ4n) is 1.81. The number of rotatable bonds is 5. The van der Waals surface area contributed by atoms with Crippen LogP contribution in [0.1, 0.15) is 18.2 Å². The molecule has 0 aliphatic heterocycles. The van der Waals surface area contributed by atoms with Gasteiger partial charge in [-0.3, -0.25) is 5.10 Å². The number of anilines is 3. The van der Waals surface area contributed by atoms with E-state index in [0.29, 0.717) is 23.6 Å². The van der Waals surface area contributed by atoms with Gasteiger partial charge in [0, 0.05) is 12.3 Å². The number of halogens is 1. The molecule has 1 aromatic carbocycles. The third kappa shape index (κ3) is 3.46. The Hall–Kier alpha value is -2.12. The maximum Gasteiger partial charge on any atom is 0.142 e. The van der Waals surface area contributed by atoms with Crippen LogP contribution in [0.2, 0.25) is 0 Å². The number of aromatic hydroxyl groups is 1. The van der Waals surface area contributed by atoms with Crippen molar-refractivity contribution >= 4 is 29.6 Å². The molecule has 0 fully saturated rings. The first-order valence-electron chi connectivity index (χ1n) is 5.87. The number of phenolic OH excluding ortho intramolecular Hbond substituents is 1. The van der Waals surface area contributed by atoms with Gasteiger partial charge in [-0.2, -0.15) is 5.10 Å². The Morgan fingerprint density at radius 3 is 2.40 bits per heavy atom. The second kappa shape index (κ2) is 6.88. The van der Waals surface area contributed by atoms with Crippen LogP contribution in [0.25, 0.3) is 0 Å². The predicted molar refractivity (Wildman–Crippen MR) is 80.8 cm³/mol. The number of hydrogen-bond acceptors (Lipinski definition) is 6. The summed E-state index contributed by atoms with van der Waals surface area (Å²) in [5, 5.41) is 28.2. The summed E-state index contributed by atoms with van der Waals surface area (Å²) in [6, 6.07) is 6.34. The SMILES string of the molecule is Cl.Nc1[nH]nc(C(CCO)Nc2ccc(O)cc2)c1N. The molecule has 0 spiro atoms. The Kier molecular flexibility index (Phi) is 5.48. The minimum atomic E-state index is -0.261. The van der Waals surface area contributed by atoms with Gasteiger partial charge in [0.25, 0.3) is 0 Å². The number of aromatic nitrogens is 2. The summed E-state index contributed by atoms with van der Waals surface area (Å²) in [4.78, 5) is 0. The normalized spacial score (nSPS) is 11.7. The third-order valence-electron chi connectivity index (χ3n) is 2.82. The standard InChI is InChI=1S/C12H17N5O2.ClH/c13-10-11(16-17-12(10)14)9(5-6-18)15-7-1-3-8(19)4-2-7;/h1-4,9,15,18-19H,5-6,13H2,(H3,14,16,17);1H. The van der Waals surface area contributed by atoms with Crippen LogP contribution < -0.4 is 16.8 Å². The van der Waals surface area contributed by atoms with Gasteiger partial charge in [0.2, 0.25) is 0 Å². The zero-order valence-corrected chi connectivity index (χ0v) is 11.5. The average molecular weight is 300 g/mol. The van der Waals surface area contributed by atoms with Gasteiger partial charge in [0.15, 0.2) is 0 Å². The van der Waals surface area contributed by atoms with Gasteiger partial charge >= 0.3 is 0 Å². The van der Waals surface area contributed by atoms with Crippen molar-refractivity contribution in [3.63, 3.8) is 0 Å². The Labute approximate surface area is 122 Å². The van der Waals surface area contributed by atoms with Crippen LogP contribution in [0.3, 0.4) is 0 Å². The van der Waals surface area contributed by atoms with Crippen LogP contribution in [0.5, 0.6) is 5.75 Å². The van der Waals surface area contributed by atoms with E-state index in [9.17, 15) is 5.11 Å². The molecule has 0 aliphatic rings. The summed E-state index contributed by atoms with van der Waals surface area (Å²) < 4.78 is 0. The number of nitrogens with one attached hydrogen (secondary N) is 2. The number of nitrogens with two attached hydrogens (primary N) is 2. The van der Waals surface area contributed by atoms with Gasteiger partial charge < -0.3 is 27.0 Å². The van der Waals surface area contributed by atoms with Crippen LogP contribution in [0.15, 0.2) is 24.3 Å². The van der Waals surface area contributed by atoms with Gasteiger partial charge in [-0.25, -0.2) is 0 Å². The summed E-state index contributed by atoms with van der Waals surface area (Å²) in [6.07, 6.45) is 0.440.